The van der Waals surface area contributed by atoms with E-state index in [0.29, 0.717) is 6.54 Å². The lowest BCUT2D eigenvalue weighted by Crippen LogP contribution is -2.33. The molecule has 2 aromatic carbocycles. The highest BCUT2D eigenvalue weighted by atomic mass is 32.2. The van der Waals surface area contributed by atoms with E-state index in [2.05, 4.69) is 11.8 Å². The summed E-state index contributed by atoms with van der Waals surface area (Å²) in [4.78, 5) is 23.3. The molecule has 3 aromatic rings. The molecule has 154 valence electrons. The van der Waals surface area contributed by atoms with Gasteiger partial charge in [-0.3, -0.25) is 9.69 Å². The molecule has 0 unspecified atom stereocenters. The van der Waals surface area contributed by atoms with E-state index in [9.17, 15) is 4.79 Å². The number of aromatic nitrogens is 1. The highest BCUT2D eigenvalue weighted by Crippen LogP contribution is 2.33. The second kappa shape index (κ2) is 10.1. The van der Waals surface area contributed by atoms with E-state index in [1.54, 1.807) is 18.9 Å². The van der Waals surface area contributed by atoms with Gasteiger partial charge in [0.25, 0.3) is 5.91 Å². The first-order chi connectivity index (χ1) is 14.0. The van der Waals surface area contributed by atoms with Crippen molar-refractivity contribution in [2.45, 2.75) is 18.2 Å². The van der Waals surface area contributed by atoms with E-state index in [0.717, 1.165) is 50.3 Å². The van der Waals surface area contributed by atoms with Gasteiger partial charge in [0, 0.05) is 11.4 Å². The van der Waals surface area contributed by atoms with Crippen molar-refractivity contribution in [2.24, 2.45) is 0 Å². The van der Waals surface area contributed by atoms with Gasteiger partial charge < -0.3 is 9.64 Å². The van der Waals surface area contributed by atoms with Gasteiger partial charge in [-0.25, -0.2) is 4.98 Å². The number of ether oxygens (including phenoxy) is 1. The molecule has 0 aliphatic rings. The molecule has 0 aliphatic carbocycles. The zero-order valence-corrected chi connectivity index (χ0v) is 19.0. The second-order valence-corrected chi connectivity index (χ2v) is 9.19. The van der Waals surface area contributed by atoms with Crippen molar-refractivity contribution in [3.8, 4) is 5.75 Å². The van der Waals surface area contributed by atoms with Crippen LogP contribution < -0.4 is 9.64 Å². The van der Waals surface area contributed by atoms with Crippen molar-refractivity contribution in [1.29, 1.82) is 0 Å². The summed E-state index contributed by atoms with van der Waals surface area (Å²) < 4.78 is 6.35. The Hall–Kier alpha value is -2.09. The Labute approximate surface area is 180 Å². The molecule has 3 rings (SSSR count). The monoisotopic (exact) mass is 429 g/mol. The van der Waals surface area contributed by atoms with Crippen LogP contribution in [0.5, 0.6) is 5.75 Å². The highest BCUT2D eigenvalue weighted by Gasteiger charge is 2.23. The molecule has 0 atom stereocenters. The summed E-state index contributed by atoms with van der Waals surface area (Å²) in [6.45, 7) is 3.63. The maximum absolute atomic E-state index is 13.6. The summed E-state index contributed by atoms with van der Waals surface area (Å²) in [6, 6.07) is 13.6. The summed E-state index contributed by atoms with van der Waals surface area (Å²) in [5, 5.41) is 0.730. The molecule has 7 heteroatoms. The quantitative estimate of drug-likeness (QED) is 0.447. The maximum atomic E-state index is 13.6. The van der Waals surface area contributed by atoms with E-state index in [-0.39, 0.29) is 5.91 Å². The van der Waals surface area contributed by atoms with Crippen molar-refractivity contribution in [1.82, 2.24) is 9.88 Å². The SMILES string of the molecule is CCSc1ccccc1C(=O)N(CCCN(C)C)c1nc2ccc(OC)cc2s1. The number of hydrogen-bond donors (Lipinski definition) is 0. The summed E-state index contributed by atoms with van der Waals surface area (Å²) >= 11 is 3.22. The number of rotatable bonds is 9. The third-order valence-corrected chi connectivity index (χ3v) is 6.46. The Morgan fingerprint density at radius 1 is 1.17 bits per heavy atom. The molecule has 1 heterocycles. The van der Waals surface area contributed by atoms with Crippen LogP contribution in [0.3, 0.4) is 0 Å². The number of hydrogen-bond acceptors (Lipinski definition) is 6. The Kier molecular flexibility index (Phi) is 7.52. The molecule has 1 aromatic heterocycles. The number of carbonyl (C=O) groups is 1. The average Bonchev–Trinajstić information content (AvgIpc) is 3.14. The molecule has 0 spiro atoms. The number of nitrogens with zero attached hydrogens (tertiary/aromatic N) is 3. The van der Waals surface area contributed by atoms with Gasteiger partial charge >= 0.3 is 0 Å². The standard InChI is InChI=1S/C22H27N3O2S2/c1-5-28-19-10-7-6-9-17(19)21(26)25(14-8-13-24(2)3)22-23-18-12-11-16(27-4)15-20(18)29-22/h6-7,9-12,15H,5,8,13-14H2,1-4H3. The molecule has 5 nitrogen and oxygen atoms in total. The smallest absolute Gasteiger partial charge is 0.261 e. The third-order valence-electron chi connectivity index (χ3n) is 4.46. The summed E-state index contributed by atoms with van der Waals surface area (Å²) in [6.07, 6.45) is 0.876. The van der Waals surface area contributed by atoms with E-state index >= 15 is 0 Å². The molecule has 0 saturated heterocycles. The number of amides is 1. The molecular formula is C22H27N3O2S2. The van der Waals surface area contributed by atoms with Crippen molar-refractivity contribution >= 4 is 44.4 Å². The highest BCUT2D eigenvalue weighted by molar-refractivity contribution is 7.99. The van der Waals surface area contributed by atoms with Crippen LogP contribution in [0.15, 0.2) is 47.4 Å². The largest absolute Gasteiger partial charge is 0.497 e. The first kappa shape index (κ1) is 21.6. The molecule has 0 fully saturated rings. The molecular weight excluding hydrogens is 402 g/mol. The fraction of sp³-hybridized carbons (Fsp3) is 0.364. The van der Waals surface area contributed by atoms with Gasteiger partial charge in [0.1, 0.15) is 5.75 Å². The summed E-state index contributed by atoms with van der Waals surface area (Å²) in [5.41, 5.74) is 1.62. The zero-order valence-electron chi connectivity index (χ0n) is 17.3. The average molecular weight is 430 g/mol. The van der Waals surface area contributed by atoms with Gasteiger partial charge in [0.15, 0.2) is 5.13 Å². The Morgan fingerprint density at radius 3 is 2.69 bits per heavy atom. The van der Waals surface area contributed by atoms with E-state index in [1.165, 1.54) is 11.3 Å². The molecule has 0 saturated carbocycles. The number of thioether (sulfide) groups is 1. The molecule has 29 heavy (non-hydrogen) atoms. The van der Waals surface area contributed by atoms with Crippen molar-refractivity contribution in [2.75, 3.05) is 44.9 Å². The first-order valence-corrected chi connectivity index (χ1v) is 11.5. The van der Waals surface area contributed by atoms with Gasteiger partial charge in [0.2, 0.25) is 0 Å². The van der Waals surface area contributed by atoms with Crippen LogP contribution in [-0.4, -0.2) is 55.8 Å². The lowest BCUT2D eigenvalue weighted by atomic mass is 10.2. The van der Waals surface area contributed by atoms with Gasteiger partial charge in [0.05, 0.1) is 22.9 Å². The van der Waals surface area contributed by atoms with Crippen LogP contribution in [0, 0.1) is 0 Å². The number of anilines is 1. The van der Waals surface area contributed by atoms with Crippen LogP contribution in [0.1, 0.15) is 23.7 Å². The lowest BCUT2D eigenvalue weighted by Gasteiger charge is -2.22. The van der Waals surface area contributed by atoms with E-state index < -0.39 is 0 Å². The molecule has 1 amide bonds. The van der Waals surface area contributed by atoms with Crippen LogP contribution >= 0.6 is 23.1 Å². The van der Waals surface area contributed by atoms with E-state index in [4.69, 9.17) is 9.72 Å². The van der Waals surface area contributed by atoms with Crippen LogP contribution in [0.2, 0.25) is 0 Å². The Balaban J connectivity index is 1.97. The zero-order chi connectivity index (χ0) is 20.8. The Morgan fingerprint density at radius 2 is 1.97 bits per heavy atom. The summed E-state index contributed by atoms with van der Waals surface area (Å²) in [5.74, 6) is 1.72. The lowest BCUT2D eigenvalue weighted by molar-refractivity contribution is 0.0983. The molecule has 0 N–H and O–H groups in total. The molecule has 0 aliphatic heterocycles. The molecule has 0 radical (unpaired) electrons. The van der Waals surface area contributed by atoms with E-state index in [1.807, 2.05) is 61.5 Å². The topological polar surface area (TPSA) is 45.7 Å². The number of benzene rings is 2. The minimum absolute atomic E-state index is 0.00586. The normalized spacial score (nSPS) is 11.2. The second-order valence-electron chi connectivity index (χ2n) is 6.87. The maximum Gasteiger partial charge on any atom is 0.261 e. The van der Waals surface area contributed by atoms with Gasteiger partial charge in [-0.1, -0.05) is 30.4 Å². The van der Waals surface area contributed by atoms with Crippen LogP contribution in [0.4, 0.5) is 5.13 Å². The predicted molar refractivity (Wildman–Crippen MR) is 124 cm³/mol. The fourth-order valence-corrected chi connectivity index (χ4v) is 4.85. The van der Waals surface area contributed by atoms with Crippen molar-refractivity contribution < 1.29 is 9.53 Å². The predicted octanol–water partition coefficient (Wildman–Crippen LogP) is 5.02. The summed E-state index contributed by atoms with van der Waals surface area (Å²) in [7, 11) is 5.75. The number of carbonyl (C=O) groups excluding carboxylic acids is 1. The fourth-order valence-electron chi connectivity index (χ4n) is 3.03. The number of thiazole rings is 1. The van der Waals surface area contributed by atoms with Crippen LogP contribution in [0.25, 0.3) is 10.2 Å². The van der Waals surface area contributed by atoms with Gasteiger partial charge in [-0.05, 0) is 63.1 Å². The van der Waals surface area contributed by atoms with Crippen molar-refractivity contribution in [3.05, 3.63) is 48.0 Å². The van der Waals surface area contributed by atoms with Gasteiger partial charge in [-0.15, -0.1) is 11.8 Å². The number of fused-ring (bicyclic) bond motifs is 1. The Bertz CT molecular complexity index is 972. The first-order valence-electron chi connectivity index (χ1n) is 9.66. The van der Waals surface area contributed by atoms with Gasteiger partial charge in [-0.2, -0.15) is 0 Å². The third kappa shape index (κ3) is 5.29. The molecule has 0 bridgehead atoms. The van der Waals surface area contributed by atoms with Crippen molar-refractivity contribution in [3.63, 3.8) is 0 Å². The minimum Gasteiger partial charge on any atom is -0.497 e. The van der Waals surface area contributed by atoms with Crippen LogP contribution in [-0.2, 0) is 0 Å². The minimum atomic E-state index is 0.00586. The number of methoxy groups -OCH3 is 1.